The second-order valence-electron chi connectivity index (χ2n) is 7.57. The van der Waals surface area contributed by atoms with Crippen molar-refractivity contribution in [3.63, 3.8) is 0 Å². The molecule has 1 heterocycles. The van der Waals surface area contributed by atoms with Crippen molar-refractivity contribution in [2.45, 2.75) is 13.0 Å². The van der Waals surface area contributed by atoms with Crippen LogP contribution < -0.4 is 0 Å². The van der Waals surface area contributed by atoms with Gasteiger partial charge < -0.3 is 10.0 Å². The number of benzene rings is 1. The van der Waals surface area contributed by atoms with E-state index in [-0.39, 0.29) is 23.7 Å². The Labute approximate surface area is 158 Å². The summed E-state index contributed by atoms with van der Waals surface area (Å²) in [6.07, 6.45) is 4.84. The lowest BCUT2D eigenvalue weighted by Crippen LogP contribution is -2.52. The Kier molecular flexibility index (Phi) is 4.76. The largest absolute Gasteiger partial charge is 0.481 e. The average molecular weight is 375 g/mol. The third-order valence-corrected chi connectivity index (χ3v) is 6.28. The molecule has 4 rings (SSSR count). The van der Waals surface area contributed by atoms with Gasteiger partial charge in [-0.25, -0.2) is 0 Å². The lowest BCUT2D eigenvalue weighted by molar-refractivity contribution is -0.151. The second kappa shape index (κ2) is 7.05. The van der Waals surface area contributed by atoms with Crippen LogP contribution in [0.2, 0.25) is 5.02 Å². The molecule has 1 aromatic carbocycles. The van der Waals surface area contributed by atoms with Gasteiger partial charge in [0.1, 0.15) is 0 Å². The fraction of sp³-hybridized carbons (Fsp3) is 0.500. The Morgan fingerprint density at radius 3 is 2.23 bits per heavy atom. The van der Waals surface area contributed by atoms with E-state index in [1.807, 2.05) is 41.3 Å². The van der Waals surface area contributed by atoms with Crippen molar-refractivity contribution >= 4 is 23.5 Å². The zero-order valence-electron chi connectivity index (χ0n) is 14.6. The van der Waals surface area contributed by atoms with Gasteiger partial charge >= 0.3 is 5.97 Å². The van der Waals surface area contributed by atoms with Crippen molar-refractivity contribution in [2.24, 2.45) is 23.7 Å². The van der Waals surface area contributed by atoms with E-state index in [1.165, 1.54) is 5.56 Å². The second-order valence-corrected chi connectivity index (χ2v) is 8.00. The number of aliphatic carboxylic acids is 1. The van der Waals surface area contributed by atoms with Crippen molar-refractivity contribution in [3.05, 3.63) is 47.0 Å². The maximum absolute atomic E-state index is 13.0. The minimum atomic E-state index is -0.832. The molecule has 6 heteroatoms. The lowest BCUT2D eigenvalue weighted by Gasteiger charge is -2.37. The molecule has 1 N–H and O–H groups in total. The maximum atomic E-state index is 13.0. The summed E-state index contributed by atoms with van der Waals surface area (Å²) in [7, 11) is 0. The van der Waals surface area contributed by atoms with Crippen molar-refractivity contribution < 1.29 is 14.7 Å². The number of hydrogen-bond acceptors (Lipinski definition) is 3. The van der Waals surface area contributed by atoms with E-state index in [1.54, 1.807) is 0 Å². The van der Waals surface area contributed by atoms with E-state index in [0.29, 0.717) is 13.1 Å². The number of hydrogen-bond donors (Lipinski definition) is 1. The van der Waals surface area contributed by atoms with Gasteiger partial charge in [-0.15, -0.1) is 0 Å². The standard InChI is InChI=1S/C20H23ClN2O3/c21-16-5-1-13(2-6-16)12-22-7-9-23(10-8-22)19(24)17-14-3-4-15(11-14)18(17)20(25)26/h1-6,14-15,17-18H,7-12H2,(H,25,26)/t14-,15-,17-,18+/m0/s1. The van der Waals surface area contributed by atoms with E-state index >= 15 is 0 Å². The first-order valence-electron chi connectivity index (χ1n) is 9.19. The van der Waals surface area contributed by atoms with Crippen molar-refractivity contribution in [1.29, 1.82) is 0 Å². The molecule has 3 aliphatic rings. The summed E-state index contributed by atoms with van der Waals surface area (Å²) < 4.78 is 0. The molecule has 26 heavy (non-hydrogen) atoms. The molecule has 2 aliphatic carbocycles. The van der Waals surface area contributed by atoms with Gasteiger partial charge in [-0.1, -0.05) is 35.9 Å². The first kappa shape index (κ1) is 17.6. The van der Waals surface area contributed by atoms with E-state index in [4.69, 9.17) is 11.6 Å². The summed E-state index contributed by atoms with van der Waals surface area (Å²) in [5.41, 5.74) is 1.21. The van der Waals surface area contributed by atoms with Crippen molar-refractivity contribution in [3.8, 4) is 0 Å². The van der Waals surface area contributed by atoms with Gasteiger partial charge in [0.05, 0.1) is 11.8 Å². The van der Waals surface area contributed by atoms with Gasteiger partial charge in [0.2, 0.25) is 5.91 Å². The molecule has 2 fully saturated rings. The maximum Gasteiger partial charge on any atom is 0.307 e. The number of fused-ring (bicyclic) bond motifs is 2. The van der Waals surface area contributed by atoms with Crippen LogP contribution in [-0.4, -0.2) is 53.0 Å². The molecule has 0 spiro atoms. The third-order valence-electron chi connectivity index (χ3n) is 6.03. The van der Waals surface area contributed by atoms with Crippen LogP contribution in [0.3, 0.4) is 0 Å². The summed E-state index contributed by atoms with van der Waals surface area (Å²) in [6, 6.07) is 7.84. The van der Waals surface area contributed by atoms with Crippen LogP contribution in [0.15, 0.2) is 36.4 Å². The Morgan fingerprint density at radius 1 is 1.00 bits per heavy atom. The zero-order valence-corrected chi connectivity index (χ0v) is 15.3. The van der Waals surface area contributed by atoms with Crippen molar-refractivity contribution in [2.75, 3.05) is 26.2 Å². The molecule has 0 radical (unpaired) electrons. The van der Waals surface area contributed by atoms with Gasteiger partial charge in [0.25, 0.3) is 0 Å². The van der Waals surface area contributed by atoms with Crippen LogP contribution in [0.4, 0.5) is 0 Å². The predicted molar refractivity (Wildman–Crippen MR) is 98.7 cm³/mol. The Morgan fingerprint density at radius 2 is 1.62 bits per heavy atom. The van der Waals surface area contributed by atoms with Crippen molar-refractivity contribution in [1.82, 2.24) is 9.80 Å². The highest BCUT2D eigenvalue weighted by atomic mass is 35.5. The molecule has 1 aliphatic heterocycles. The number of piperazine rings is 1. The quantitative estimate of drug-likeness (QED) is 0.822. The molecule has 1 amide bonds. The van der Waals surface area contributed by atoms with E-state index in [2.05, 4.69) is 4.90 Å². The molecule has 1 saturated heterocycles. The number of carboxylic acids is 1. The van der Waals surface area contributed by atoms with Gasteiger partial charge in [-0.3, -0.25) is 14.5 Å². The normalized spacial score (nSPS) is 30.7. The Balaban J connectivity index is 1.36. The van der Waals surface area contributed by atoms with Crippen LogP contribution in [0.1, 0.15) is 12.0 Å². The van der Waals surface area contributed by atoms with E-state index < -0.39 is 11.9 Å². The topological polar surface area (TPSA) is 60.9 Å². The Hall–Kier alpha value is -1.85. The minimum Gasteiger partial charge on any atom is -0.481 e. The monoisotopic (exact) mass is 374 g/mol. The lowest BCUT2D eigenvalue weighted by atomic mass is 9.82. The molecule has 1 saturated carbocycles. The fourth-order valence-electron chi connectivity index (χ4n) is 4.68. The molecule has 5 nitrogen and oxygen atoms in total. The van der Waals surface area contributed by atoms with E-state index in [0.717, 1.165) is 31.1 Å². The highest BCUT2D eigenvalue weighted by Gasteiger charge is 2.52. The molecule has 0 aromatic heterocycles. The number of rotatable bonds is 4. The molecule has 4 atom stereocenters. The summed E-state index contributed by atoms with van der Waals surface area (Å²) in [4.78, 5) is 28.8. The van der Waals surface area contributed by atoms with Gasteiger partial charge in [-0.05, 0) is 36.0 Å². The van der Waals surface area contributed by atoms with Crippen LogP contribution >= 0.6 is 11.6 Å². The number of carbonyl (C=O) groups is 2. The van der Waals surface area contributed by atoms with Gasteiger partial charge in [0, 0.05) is 37.7 Å². The molecule has 138 valence electrons. The summed E-state index contributed by atoms with van der Waals surface area (Å²) in [5.74, 6) is -1.62. The average Bonchev–Trinajstić information content (AvgIpc) is 3.25. The zero-order chi connectivity index (χ0) is 18.3. The fourth-order valence-corrected chi connectivity index (χ4v) is 4.81. The third kappa shape index (κ3) is 3.26. The van der Waals surface area contributed by atoms with Crippen LogP contribution in [0, 0.1) is 23.7 Å². The number of allylic oxidation sites excluding steroid dienone is 2. The summed E-state index contributed by atoms with van der Waals surface area (Å²) in [6.45, 7) is 3.78. The first-order valence-corrected chi connectivity index (χ1v) is 9.57. The minimum absolute atomic E-state index is 0.0256. The van der Waals surface area contributed by atoms with Crippen LogP contribution in [0.25, 0.3) is 0 Å². The molecule has 0 unspecified atom stereocenters. The van der Waals surface area contributed by atoms with Gasteiger partial charge in [0.15, 0.2) is 0 Å². The summed E-state index contributed by atoms with van der Waals surface area (Å²) in [5, 5.41) is 10.3. The number of carboxylic acid groups (broad SMARTS) is 1. The first-order chi connectivity index (χ1) is 12.5. The molecular weight excluding hydrogens is 352 g/mol. The Bertz CT molecular complexity index is 725. The number of halogens is 1. The SMILES string of the molecule is O=C(O)[C@H]1[C@@H](C(=O)N2CCN(Cc3ccc(Cl)cc3)CC2)[C@H]2C=C[C@H]1C2. The summed E-state index contributed by atoms with van der Waals surface area (Å²) >= 11 is 5.93. The molecule has 1 aromatic rings. The number of carbonyl (C=O) groups excluding carboxylic acids is 1. The predicted octanol–water partition coefficient (Wildman–Crippen LogP) is 2.51. The van der Waals surface area contributed by atoms with Crippen LogP contribution in [0.5, 0.6) is 0 Å². The molecule has 2 bridgehead atoms. The molecular formula is C20H23ClN2O3. The smallest absolute Gasteiger partial charge is 0.307 e. The number of amides is 1. The van der Waals surface area contributed by atoms with Crippen LogP contribution in [-0.2, 0) is 16.1 Å². The highest BCUT2D eigenvalue weighted by Crippen LogP contribution is 2.48. The van der Waals surface area contributed by atoms with Gasteiger partial charge in [-0.2, -0.15) is 0 Å². The highest BCUT2D eigenvalue weighted by molar-refractivity contribution is 6.30. The number of nitrogens with zero attached hydrogens (tertiary/aromatic N) is 2. The van der Waals surface area contributed by atoms with E-state index in [9.17, 15) is 14.7 Å².